The Hall–Kier alpha value is -1.48. The van der Waals surface area contributed by atoms with Crippen LogP contribution in [-0.4, -0.2) is 19.3 Å². The maximum atomic E-state index is 5.70. The van der Waals surface area contributed by atoms with Crippen molar-refractivity contribution in [2.24, 2.45) is 0 Å². The molecule has 0 heterocycles. The molecule has 0 unspecified atom stereocenters. The molecule has 0 atom stereocenters. The number of hydrogen-bond donors (Lipinski definition) is 1. The zero-order valence-electron chi connectivity index (χ0n) is 12.2. The van der Waals surface area contributed by atoms with Crippen molar-refractivity contribution in [3.05, 3.63) is 36.4 Å². The van der Waals surface area contributed by atoms with Crippen LogP contribution in [0.25, 0.3) is 0 Å². The molecule has 0 fully saturated rings. The molecule has 0 bridgehead atoms. The zero-order valence-corrected chi connectivity index (χ0v) is 12.2. The fraction of sp³-hybridized carbons (Fsp3) is 0.500. The van der Waals surface area contributed by atoms with E-state index < -0.39 is 0 Å². The summed E-state index contributed by atoms with van der Waals surface area (Å²) in [5, 5.41) is 3.39. The quantitative estimate of drug-likeness (QED) is 0.691. The largest absolute Gasteiger partial charge is 0.493 e. The topological polar surface area (TPSA) is 30.5 Å². The Bertz CT molecular complexity index is 388. The first-order valence-corrected chi connectivity index (χ1v) is 6.90. The minimum absolute atomic E-state index is 0.447. The lowest BCUT2D eigenvalue weighted by atomic mass is 10.2. The van der Waals surface area contributed by atoms with Crippen molar-refractivity contribution in [2.75, 3.05) is 13.2 Å². The number of ether oxygens (including phenoxy) is 2. The number of nitrogens with one attached hydrogen (secondary N) is 1. The van der Waals surface area contributed by atoms with Crippen LogP contribution in [0.4, 0.5) is 0 Å². The standard InChI is InChI=1S/C16H25NO2/c1-5-9-18-15-8-7-14(12-17-13(3)4)16(11-15)19-10-6-2/h6-8,11,13,17H,2,5,9-10,12H2,1,3-4H3. The Balaban J connectivity index is 2.78. The van der Waals surface area contributed by atoms with Crippen LogP contribution in [0.5, 0.6) is 11.5 Å². The van der Waals surface area contributed by atoms with Crippen molar-refractivity contribution in [3.8, 4) is 11.5 Å². The van der Waals surface area contributed by atoms with Crippen LogP contribution in [0.1, 0.15) is 32.8 Å². The molecule has 0 saturated heterocycles. The molecule has 1 N–H and O–H groups in total. The van der Waals surface area contributed by atoms with Gasteiger partial charge in [0.2, 0.25) is 0 Å². The molecule has 0 amide bonds. The molecule has 0 aromatic heterocycles. The minimum Gasteiger partial charge on any atom is -0.493 e. The van der Waals surface area contributed by atoms with E-state index in [0.717, 1.165) is 36.6 Å². The fourth-order valence-corrected chi connectivity index (χ4v) is 1.59. The van der Waals surface area contributed by atoms with Crippen LogP contribution in [0.2, 0.25) is 0 Å². The summed E-state index contributed by atoms with van der Waals surface area (Å²) in [5.74, 6) is 1.72. The van der Waals surface area contributed by atoms with Gasteiger partial charge in [-0.1, -0.05) is 39.5 Å². The van der Waals surface area contributed by atoms with Crippen LogP contribution >= 0.6 is 0 Å². The van der Waals surface area contributed by atoms with E-state index in [2.05, 4.69) is 38.7 Å². The van der Waals surface area contributed by atoms with Crippen LogP contribution in [0.15, 0.2) is 30.9 Å². The maximum Gasteiger partial charge on any atom is 0.127 e. The molecule has 0 aliphatic carbocycles. The molecule has 1 aromatic carbocycles. The first-order valence-electron chi connectivity index (χ1n) is 6.90. The van der Waals surface area contributed by atoms with E-state index in [-0.39, 0.29) is 0 Å². The lowest BCUT2D eigenvalue weighted by molar-refractivity contribution is 0.311. The van der Waals surface area contributed by atoms with Gasteiger partial charge in [-0.3, -0.25) is 0 Å². The summed E-state index contributed by atoms with van der Waals surface area (Å²) in [5.41, 5.74) is 1.14. The first-order chi connectivity index (χ1) is 9.17. The summed E-state index contributed by atoms with van der Waals surface area (Å²) in [6.45, 7) is 12.1. The van der Waals surface area contributed by atoms with Gasteiger partial charge in [-0.15, -0.1) is 0 Å². The normalized spacial score (nSPS) is 10.5. The Morgan fingerprint density at radius 3 is 2.74 bits per heavy atom. The van der Waals surface area contributed by atoms with Gasteiger partial charge in [-0.25, -0.2) is 0 Å². The second-order valence-corrected chi connectivity index (χ2v) is 4.75. The second-order valence-electron chi connectivity index (χ2n) is 4.75. The Labute approximate surface area is 116 Å². The molecule has 3 nitrogen and oxygen atoms in total. The van der Waals surface area contributed by atoms with Gasteiger partial charge >= 0.3 is 0 Å². The third-order valence-electron chi connectivity index (χ3n) is 2.57. The molecule has 0 radical (unpaired) electrons. The van der Waals surface area contributed by atoms with Gasteiger partial charge in [0.1, 0.15) is 18.1 Å². The molecule has 0 aliphatic heterocycles. The molecular weight excluding hydrogens is 238 g/mol. The Morgan fingerprint density at radius 2 is 2.11 bits per heavy atom. The van der Waals surface area contributed by atoms with E-state index in [1.54, 1.807) is 6.08 Å². The van der Waals surface area contributed by atoms with Crippen molar-refractivity contribution in [3.63, 3.8) is 0 Å². The van der Waals surface area contributed by atoms with Crippen molar-refractivity contribution >= 4 is 0 Å². The lowest BCUT2D eigenvalue weighted by Crippen LogP contribution is -2.22. The third-order valence-corrected chi connectivity index (χ3v) is 2.57. The predicted molar refractivity (Wildman–Crippen MR) is 79.9 cm³/mol. The Morgan fingerprint density at radius 1 is 1.32 bits per heavy atom. The molecule has 1 rings (SSSR count). The van der Waals surface area contributed by atoms with Gasteiger partial charge in [-0.05, 0) is 12.5 Å². The zero-order chi connectivity index (χ0) is 14.1. The maximum absolute atomic E-state index is 5.70. The highest BCUT2D eigenvalue weighted by atomic mass is 16.5. The van der Waals surface area contributed by atoms with Crippen LogP contribution in [-0.2, 0) is 6.54 Å². The van der Waals surface area contributed by atoms with E-state index in [9.17, 15) is 0 Å². The predicted octanol–water partition coefficient (Wildman–Crippen LogP) is 3.54. The molecule has 106 valence electrons. The summed E-state index contributed by atoms with van der Waals surface area (Å²) in [6, 6.07) is 6.45. The minimum atomic E-state index is 0.447. The molecule has 3 heteroatoms. The van der Waals surface area contributed by atoms with E-state index in [4.69, 9.17) is 9.47 Å². The van der Waals surface area contributed by atoms with Crippen LogP contribution in [0.3, 0.4) is 0 Å². The summed E-state index contributed by atoms with van der Waals surface area (Å²) in [6.07, 6.45) is 2.75. The SMILES string of the molecule is C=CCOc1cc(OCCC)ccc1CNC(C)C. The highest BCUT2D eigenvalue weighted by Crippen LogP contribution is 2.25. The van der Waals surface area contributed by atoms with Gasteiger partial charge in [0.15, 0.2) is 0 Å². The lowest BCUT2D eigenvalue weighted by Gasteiger charge is -2.14. The molecule has 0 saturated carbocycles. The van der Waals surface area contributed by atoms with E-state index in [0.29, 0.717) is 12.6 Å². The average Bonchev–Trinajstić information content (AvgIpc) is 2.41. The second kappa shape index (κ2) is 8.59. The van der Waals surface area contributed by atoms with E-state index in [1.165, 1.54) is 0 Å². The monoisotopic (exact) mass is 263 g/mol. The van der Waals surface area contributed by atoms with E-state index >= 15 is 0 Å². The summed E-state index contributed by atoms with van der Waals surface area (Å²) in [7, 11) is 0. The number of hydrogen-bond acceptors (Lipinski definition) is 3. The van der Waals surface area contributed by atoms with Gasteiger partial charge in [0, 0.05) is 24.2 Å². The van der Waals surface area contributed by atoms with Crippen molar-refractivity contribution in [2.45, 2.75) is 39.8 Å². The highest BCUT2D eigenvalue weighted by molar-refractivity contribution is 5.41. The first kappa shape index (κ1) is 15.6. The number of rotatable bonds is 9. The van der Waals surface area contributed by atoms with Crippen molar-refractivity contribution in [1.29, 1.82) is 0 Å². The molecule has 0 aliphatic rings. The van der Waals surface area contributed by atoms with Gasteiger partial charge in [0.05, 0.1) is 6.61 Å². The van der Waals surface area contributed by atoms with E-state index in [1.807, 2.05) is 12.1 Å². The van der Waals surface area contributed by atoms with Crippen LogP contribution in [0, 0.1) is 0 Å². The molecule has 0 spiro atoms. The number of benzene rings is 1. The van der Waals surface area contributed by atoms with Crippen LogP contribution < -0.4 is 14.8 Å². The smallest absolute Gasteiger partial charge is 0.127 e. The van der Waals surface area contributed by atoms with Gasteiger partial charge in [-0.2, -0.15) is 0 Å². The fourth-order valence-electron chi connectivity index (χ4n) is 1.59. The average molecular weight is 263 g/mol. The molecule has 1 aromatic rings. The van der Waals surface area contributed by atoms with Crippen molar-refractivity contribution < 1.29 is 9.47 Å². The summed E-state index contributed by atoms with van der Waals surface area (Å²) in [4.78, 5) is 0. The molecule has 19 heavy (non-hydrogen) atoms. The highest BCUT2D eigenvalue weighted by Gasteiger charge is 2.06. The molecular formula is C16H25NO2. The summed E-state index contributed by atoms with van der Waals surface area (Å²) >= 11 is 0. The third kappa shape index (κ3) is 5.79. The van der Waals surface area contributed by atoms with Crippen molar-refractivity contribution in [1.82, 2.24) is 5.32 Å². The Kier molecular flexibility index (Phi) is 7.04. The van der Waals surface area contributed by atoms with Gasteiger partial charge < -0.3 is 14.8 Å². The summed E-state index contributed by atoms with van der Waals surface area (Å²) < 4.78 is 11.3. The van der Waals surface area contributed by atoms with Gasteiger partial charge in [0.25, 0.3) is 0 Å².